The van der Waals surface area contributed by atoms with Crippen molar-refractivity contribution >= 4 is 5.57 Å². The Balaban J connectivity index is 1.40. The minimum absolute atomic E-state index is 0.551. The van der Waals surface area contributed by atoms with Gasteiger partial charge < -0.3 is 4.98 Å². The summed E-state index contributed by atoms with van der Waals surface area (Å²) >= 11 is 0. The number of imidazole rings is 1. The number of likely N-dealkylation sites (tertiary alicyclic amines) is 1. The maximum atomic E-state index is 12.8. The summed E-state index contributed by atoms with van der Waals surface area (Å²) in [6, 6.07) is 13.7. The van der Waals surface area contributed by atoms with Gasteiger partial charge >= 0.3 is 6.18 Å². The van der Waals surface area contributed by atoms with Gasteiger partial charge in [-0.05, 0) is 81.5 Å². The molecule has 174 valence electrons. The van der Waals surface area contributed by atoms with Gasteiger partial charge in [-0.1, -0.05) is 42.5 Å². The molecule has 1 fully saturated rings. The molecule has 0 saturated carbocycles. The Labute approximate surface area is 193 Å². The van der Waals surface area contributed by atoms with Crippen LogP contribution in [0.15, 0.2) is 54.6 Å². The van der Waals surface area contributed by atoms with Crippen molar-refractivity contribution < 1.29 is 13.2 Å². The molecule has 2 aromatic carbocycles. The predicted molar refractivity (Wildman–Crippen MR) is 127 cm³/mol. The highest BCUT2D eigenvalue weighted by atomic mass is 19.4. The molecule has 0 amide bonds. The van der Waals surface area contributed by atoms with Crippen molar-refractivity contribution in [1.29, 1.82) is 0 Å². The number of alkyl halides is 3. The van der Waals surface area contributed by atoms with Gasteiger partial charge in [0, 0.05) is 17.8 Å². The van der Waals surface area contributed by atoms with E-state index in [1.165, 1.54) is 28.8 Å². The van der Waals surface area contributed by atoms with E-state index in [1.54, 1.807) is 0 Å². The molecule has 1 N–H and O–H groups in total. The molecule has 0 atom stereocenters. The number of halogens is 3. The smallest absolute Gasteiger partial charge is 0.342 e. The van der Waals surface area contributed by atoms with Crippen LogP contribution in [0.4, 0.5) is 13.2 Å². The third-order valence-corrected chi connectivity index (χ3v) is 6.64. The molecule has 3 nitrogen and oxygen atoms in total. The minimum atomic E-state index is -4.33. The molecular formula is C27H30F3N3. The zero-order valence-electron chi connectivity index (χ0n) is 19.3. The van der Waals surface area contributed by atoms with Gasteiger partial charge in [0.1, 0.15) is 5.82 Å². The summed E-state index contributed by atoms with van der Waals surface area (Å²) in [5.41, 5.74) is 6.03. The number of aromatic amines is 1. The first-order valence-corrected chi connectivity index (χ1v) is 11.4. The predicted octanol–water partition coefficient (Wildman–Crippen LogP) is 7.03. The first kappa shape index (κ1) is 23.3. The van der Waals surface area contributed by atoms with Gasteiger partial charge in [-0.2, -0.15) is 13.2 Å². The van der Waals surface area contributed by atoms with Gasteiger partial charge in [0.25, 0.3) is 0 Å². The molecule has 1 aliphatic heterocycles. The summed E-state index contributed by atoms with van der Waals surface area (Å²) in [6.07, 6.45) is 0.129. The van der Waals surface area contributed by atoms with Crippen LogP contribution in [0.5, 0.6) is 0 Å². The maximum absolute atomic E-state index is 12.8. The van der Waals surface area contributed by atoms with E-state index in [-0.39, 0.29) is 0 Å². The van der Waals surface area contributed by atoms with E-state index in [2.05, 4.69) is 54.1 Å². The van der Waals surface area contributed by atoms with E-state index < -0.39 is 11.7 Å². The number of H-pyrrole nitrogens is 1. The molecule has 0 spiro atoms. The average Bonchev–Trinajstić information content (AvgIpc) is 3.16. The second-order valence-electron chi connectivity index (χ2n) is 8.84. The third kappa shape index (κ3) is 5.22. The van der Waals surface area contributed by atoms with E-state index in [9.17, 15) is 13.2 Å². The summed E-state index contributed by atoms with van der Waals surface area (Å²) in [7, 11) is 0. The Morgan fingerprint density at radius 3 is 2.33 bits per heavy atom. The molecule has 33 heavy (non-hydrogen) atoms. The molecule has 1 aliphatic rings. The second kappa shape index (κ2) is 9.56. The molecule has 0 radical (unpaired) electrons. The van der Waals surface area contributed by atoms with Crippen molar-refractivity contribution in [1.82, 2.24) is 14.9 Å². The second-order valence-corrected chi connectivity index (χ2v) is 8.84. The lowest BCUT2D eigenvalue weighted by molar-refractivity contribution is -0.137. The summed E-state index contributed by atoms with van der Waals surface area (Å²) in [6.45, 7) is 9.00. The normalized spacial score (nSPS) is 16.4. The van der Waals surface area contributed by atoms with E-state index in [4.69, 9.17) is 4.98 Å². The number of allylic oxidation sites excluding steroid dienone is 2. The number of hydrogen-bond donors (Lipinski definition) is 1. The summed E-state index contributed by atoms with van der Waals surface area (Å²) in [5, 5.41) is 0. The van der Waals surface area contributed by atoms with Crippen molar-refractivity contribution in [3.8, 4) is 11.4 Å². The number of hydrogen-bond acceptors (Lipinski definition) is 2. The lowest BCUT2D eigenvalue weighted by Crippen LogP contribution is -2.34. The van der Waals surface area contributed by atoms with Crippen LogP contribution in [0.2, 0.25) is 0 Å². The van der Waals surface area contributed by atoms with Crippen molar-refractivity contribution in [2.75, 3.05) is 13.1 Å². The number of aromatic nitrogens is 2. The highest BCUT2D eigenvalue weighted by Crippen LogP contribution is 2.34. The fraction of sp³-hybridized carbons (Fsp3) is 0.370. The van der Waals surface area contributed by atoms with Crippen LogP contribution >= 0.6 is 0 Å². The molecule has 3 aromatic rings. The van der Waals surface area contributed by atoms with Gasteiger partial charge in [0.2, 0.25) is 0 Å². The fourth-order valence-corrected chi connectivity index (χ4v) is 4.73. The molecule has 1 saturated heterocycles. The SMILES string of the molecule is C/C=C(\c1ccccc1C)C1CCN(Cc2nc(-c3ccc(C(F)(F)F)cc3)[nH]c2C)CC1. The zero-order valence-corrected chi connectivity index (χ0v) is 19.3. The Kier molecular flexibility index (Phi) is 6.75. The maximum Gasteiger partial charge on any atom is 0.416 e. The van der Waals surface area contributed by atoms with Crippen LogP contribution in [0, 0.1) is 19.8 Å². The molecule has 0 bridgehead atoms. The summed E-state index contributed by atoms with van der Waals surface area (Å²) < 4.78 is 38.5. The van der Waals surface area contributed by atoms with Gasteiger partial charge in [0.15, 0.2) is 0 Å². The lowest BCUT2D eigenvalue weighted by Gasteiger charge is -2.33. The Morgan fingerprint density at radius 1 is 1.06 bits per heavy atom. The largest absolute Gasteiger partial charge is 0.416 e. The number of rotatable bonds is 5. The highest BCUT2D eigenvalue weighted by molar-refractivity contribution is 5.69. The van der Waals surface area contributed by atoms with E-state index >= 15 is 0 Å². The number of piperidine rings is 1. The molecule has 6 heteroatoms. The van der Waals surface area contributed by atoms with Crippen molar-refractivity contribution in [3.05, 3.63) is 82.7 Å². The third-order valence-electron chi connectivity index (χ3n) is 6.64. The lowest BCUT2D eigenvalue weighted by atomic mass is 9.83. The van der Waals surface area contributed by atoms with Crippen LogP contribution in [-0.4, -0.2) is 28.0 Å². The summed E-state index contributed by atoms with van der Waals surface area (Å²) in [5.74, 6) is 1.16. The van der Waals surface area contributed by atoms with E-state index in [1.807, 2.05) is 6.92 Å². The van der Waals surface area contributed by atoms with Crippen LogP contribution < -0.4 is 0 Å². The number of nitrogens with one attached hydrogen (secondary N) is 1. The number of aryl methyl sites for hydroxylation is 2. The van der Waals surface area contributed by atoms with Crippen molar-refractivity contribution in [3.63, 3.8) is 0 Å². The Morgan fingerprint density at radius 2 is 1.73 bits per heavy atom. The fourth-order valence-electron chi connectivity index (χ4n) is 4.73. The van der Waals surface area contributed by atoms with Crippen LogP contribution in [-0.2, 0) is 12.7 Å². The van der Waals surface area contributed by atoms with Crippen LogP contribution in [0.3, 0.4) is 0 Å². The van der Waals surface area contributed by atoms with Crippen LogP contribution in [0.25, 0.3) is 17.0 Å². The quantitative estimate of drug-likeness (QED) is 0.450. The van der Waals surface area contributed by atoms with Crippen molar-refractivity contribution in [2.24, 2.45) is 5.92 Å². The van der Waals surface area contributed by atoms with Crippen LogP contribution in [0.1, 0.15) is 47.8 Å². The first-order valence-electron chi connectivity index (χ1n) is 11.4. The summed E-state index contributed by atoms with van der Waals surface area (Å²) in [4.78, 5) is 10.4. The van der Waals surface area contributed by atoms with E-state index in [0.717, 1.165) is 56.0 Å². The van der Waals surface area contributed by atoms with E-state index in [0.29, 0.717) is 17.3 Å². The Bertz CT molecular complexity index is 1120. The number of benzene rings is 2. The van der Waals surface area contributed by atoms with Crippen molar-refractivity contribution in [2.45, 2.75) is 46.3 Å². The van der Waals surface area contributed by atoms with Gasteiger partial charge in [-0.25, -0.2) is 4.98 Å². The monoisotopic (exact) mass is 453 g/mol. The molecule has 0 aliphatic carbocycles. The standard InChI is InChI=1S/C27H30F3N3/c1-4-23(24-8-6-5-7-18(24)2)20-13-15-33(16-14-20)17-25-19(3)31-26(32-25)21-9-11-22(12-10-21)27(28,29)30/h4-12,20H,13-17H2,1-3H3,(H,31,32)/b23-4-. The van der Waals surface area contributed by atoms with Gasteiger partial charge in [0.05, 0.1) is 11.3 Å². The Hall–Kier alpha value is -2.86. The van der Waals surface area contributed by atoms with Gasteiger partial charge in [-0.3, -0.25) is 4.90 Å². The highest BCUT2D eigenvalue weighted by Gasteiger charge is 2.30. The molecular weight excluding hydrogens is 423 g/mol. The minimum Gasteiger partial charge on any atom is -0.342 e. The van der Waals surface area contributed by atoms with Gasteiger partial charge in [-0.15, -0.1) is 0 Å². The number of nitrogens with zero attached hydrogens (tertiary/aromatic N) is 2. The molecule has 1 aromatic heterocycles. The molecule has 0 unspecified atom stereocenters. The topological polar surface area (TPSA) is 31.9 Å². The molecule has 2 heterocycles. The average molecular weight is 454 g/mol. The zero-order chi connectivity index (χ0) is 23.6. The molecule has 4 rings (SSSR count). The first-order chi connectivity index (χ1) is 15.8.